The van der Waals surface area contributed by atoms with Gasteiger partial charge in [-0.15, -0.1) is 0 Å². The number of nitrogens with zero attached hydrogens (tertiary/aromatic N) is 4. The van der Waals surface area contributed by atoms with Crippen LogP contribution in [0.25, 0.3) is 0 Å². The number of hydrazine groups is 1. The van der Waals surface area contributed by atoms with Gasteiger partial charge in [0.2, 0.25) is 11.9 Å². The van der Waals surface area contributed by atoms with Crippen LogP contribution in [0.2, 0.25) is 0 Å². The Labute approximate surface area is 216 Å². The Balaban J connectivity index is 1.44. The molecule has 0 radical (unpaired) electrons. The van der Waals surface area contributed by atoms with E-state index in [9.17, 15) is 9.59 Å². The fourth-order valence-electron chi connectivity index (χ4n) is 4.87. The Hall–Kier alpha value is -4.14. The topological polar surface area (TPSA) is 99.7 Å². The van der Waals surface area contributed by atoms with Gasteiger partial charge in [-0.05, 0) is 55.5 Å². The SMILES string of the molecule is COc1ccc(CNc2nc(N3c4ccccc4CC3C)ncc2C(=O)NN2CCCCCC2=O)cc1. The number of aromatic nitrogens is 2. The molecule has 0 bridgehead atoms. The third-order valence-electron chi connectivity index (χ3n) is 6.87. The van der Waals surface area contributed by atoms with E-state index in [1.54, 1.807) is 13.3 Å². The zero-order chi connectivity index (χ0) is 25.8. The number of ether oxygens (including phenoxy) is 1. The van der Waals surface area contributed by atoms with Gasteiger partial charge in [-0.1, -0.05) is 36.8 Å². The molecule has 9 nitrogen and oxygen atoms in total. The summed E-state index contributed by atoms with van der Waals surface area (Å²) in [5.74, 6) is 1.23. The van der Waals surface area contributed by atoms with E-state index in [0.717, 1.165) is 42.7 Å². The largest absolute Gasteiger partial charge is 0.497 e. The molecule has 0 spiro atoms. The van der Waals surface area contributed by atoms with Crippen LogP contribution in [0, 0.1) is 0 Å². The lowest BCUT2D eigenvalue weighted by Gasteiger charge is -2.25. The van der Waals surface area contributed by atoms with Crippen molar-refractivity contribution in [3.05, 3.63) is 71.4 Å². The Kier molecular flexibility index (Phi) is 7.20. The predicted molar refractivity (Wildman–Crippen MR) is 142 cm³/mol. The minimum atomic E-state index is -0.408. The summed E-state index contributed by atoms with van der Waals surface area (Å²) in [6.07, 6.45) is 5.55. The Bertz CT molecular complexity index is 1280. The molecule has 2 aromatic carbocycles. The predicted octanol–water partition coefficient (Wildman–Crippen LogP) is 4.23. The number of carbonyl (C=O) groups excluding carboxylic acids is 2. The van der Waals surface area contributed by atoms with Gasteiger partial charge >= 0.3 is 0 Å². The molecule has 1 unspecified atom stereocenters. The van der Waals surface area contributed by atoms with Gasteiger partial charge in [-0.2, -0.15) is 4.98 Å². The highest BCUT2D eigenvalue weighted by Crippen LogP contribution is 2.37. The van der Waals surface area contributed by atoms with E-state index in [0.29, 0.717) is 31.3 Å². The molecule has 1 atom stereocenters. The first-order valence-electron chi connectivity index (χ1n) is 12.8. The molecule has 2 aliphatic heterocycles. The average Bonchev–Trinajstić information content (AvgIpc) is 3.13. The fraction of sp³-hybridized carbons (Fsp3) is 0.357. The molecule has 9 heteroatoms. The summed E-state index contributed by atoms with van der Waals surface area (Å²) in [5.41, 5.74) is 6.40. The number of carbonyl (C=O) groups is 2. The maximum Gasteiger partial charge on any atom is 0.275 e. The van der Waals surface area contributed by atoms with Crippen molar-refractivity contribution in [1.82, 2.24) is 20.4 Å². The molecule has 3 heterocycles. The second kappa shape index (κ2) is 10.9. The molecule has 0 aliphatic carbocycles. The summed E-state index contributed by atoms with van der Waals surface area (Å²) < 4.78 is 5.25. The van der Waals surface area contributed by atoms with Gasteiger partial charge in [-0.25, -0.2) is 4.98 Å². The first-order valence-corrected chi connectivity index (χ1v) is 12.8. The molecule has 3 aromatic rings. The number of methoxy groups -OCH3 is 1. The van der Waals surface area contributed by atoms with Crippen LogP contribution < -0.4 is 20.4 Å². The van der Waals surface area contributed by atoms with Crippen molar-refractivity contribution in [2.45, 2.75) is 51.6 Å². The normalized spacial score (nSPS) is 17.2. The number of anilines is 3. The number of nitrogens with one attached hydrogen (secondary N) is 2. The highest BCUT2D eigenvalue weighted by atomic mass is 16.5. The first kappa shape index (κ1) is 24.5. The number of rotatable bonds is 7. The molecule has 5 rings (SSSR count). The molecule has 2 amide bonds. The number of amides is 2. The zero-order valence-corrected chi connectivity index (χ0v) is 21.2. The number of hydrogen-bond donors (Lipinski definition) is 2. The molecule has 1 saturated heterocycles. The summed E-state index contributed by atoms with van der Waals surface area (Å²) in [6, 6.07) is 16.1. The van der Waals surface area contributed by atoms with Crippen molar-refractivity contribution >= 4 is 29.3 Å². The van der Waals surface area contributed by atoms with E-state index in [1.807, 2.05) is 36.4 Å². The number of fused-ring (bicyclic) bond motifs is 1. The van der Waals surface area contributed by atoms with Crippen molar-refractivity contribution < 1.29 is 14.3 Å². The Morgan fingerprint density at radius 1 is 1.11 bits per heavy atom. The highest BCUT2D eigenvalue weighted by molar-refractivity contribution is 5.99. The van der Waals surface area contributed by atoms with E-state index in [4.69, 9.17) is 9.72 Å². The van der Waals surface area contributed by atoms with Gasteiger partial charge < -0.3 is 15.0 Å². The summed E-state index contributed by atoms with van der Waals surface area (Å²) in [5, 5.41) is 4.75. The number of hydrogen-bond acceptors (Lipinski definition) is 7. The molecule has 1 fully saturated rings. The van der Waals surface area contributed by atoms with Crippen LogP contribution in [-0.4, -0.2) is 46.5 Å². The number of para-hydroxylation sites is 1. The molecule has 2 aliphatic rings. The van der Waals surface area contributed by atoms with Crippen molar-refractivity contribution in [3.63, 3.8) is 0 Å². The lowest BCUT2D eigenvalue weighted by Crippen LogP contribution is -2.46. The van der Waals surface area contributed by atoms with Gasteiger partial charge in [0.25, 0.3) is 5.91 Å². The molecular formula is C28H32N6O3. The summed E-state index contributed by atoms with van der Waals surface area (Å²) >= 11 is 0. The lowest BCUT2D eigenvalue weighted by atomic mass is 10.1. The van der Waals surface area contributed by atoms with Crippen LogP contribution in [0.15, 0.2) is 54.7 Å². The lowest BCUT2D eigenvalue weighted by molar-refractivity contribution is -0.133. The maximum absolute atomic E-state index is 13.3. The molecule has 192 valence electrons. The van der Waals surface area contributed by atoms with Gasteiger partial charge in [-0.3, -0.25) is 20.0 Å². The van der Waals surface area contributed by atoms with E-state index >= 15 is 0 Å². The summed E-state index contributed by atoms with van der Waals surface area (Å²) in [4.78, 5) is 37.3. The van der Waals surface area contributed by atoms with E-state index in [-0.39, 0.29) is 17.5 Å². The van der Waals surface area contributed by atoms with E-state index in [2.05, 4.69) is 39.7 Å². The molecule has 37 heavy (non-hydrogen) atoms. The fourth-order valence-corrected chi connectivity index (χ4v) is 4.87. The quantitative estimate of drug-likeness (QED) is 0.501. The monoisotopic (exact) mass is 500 g/mol. The van der Waals surface area contributed by atoms with Crippen LogP contribution in [0.3, 0.4) is 0 Å². The second-order valence-corrected chi connectivity index (χ2v) is 9.48. The van der Waals surface area contributed by atoms with E-state index in [1.165, 1.54) is 10.6 Å². The van der Waals surface area contributed by atoms with Crippen LogP contribution >= 0.6 is 0 Å². The molecule has 1 aromatic heterocycles. The average molecular weight is 501 g/mol. The van der Waals surface area contributed by atoms with Crippen LogP contribution in [-0.2, 0) is 17.8 Å². The minimum Gasteiger partial charge on any atom is -0.497 e. The first-order chi connectivity index (χ1) is 18.0. The van der Waals surface area contributed by atoms with Crippen molar-refractivity contribution in [1.29, 1.82) is 0 Å². The summed E-state index contributed by atoms with van der Waals surface area (Å²) in [7, 11) is 1.63. The third-order valence-corrected chi connectivity index (χ3v) is 6.87. The van der Waals surface area contributed by atoms with Crippen molar-refractivity contribution in [3.8, 4) is 5.75 Å². The Morgan fingerprint density at radius 3 is 2.73 bits per heavy atom. The van der Waals surface area contributed by atoms with Crippen molar-refractivity contribution in [2.24, 2.45) is 0 Å². The highest BCUT2D eigenvalue weighted by Gasteiger charge is 2.30. The van der Waals surface area contributed by atoms with Gasteiger partial charge in [0.1, 0.15) is 17.1 Å². The van der Waals surface area contributed by atoms with Crippen molar-refractivity contribution in [2.75, 3.05) is 23.9 Å². The smallest absolute Gasteiger partial charge is 0.275 e. The van der Waals surface area contributed by atoms with E-state index < -0.39 is 5.91 Å². The summed E-state index contributed by atoms with van der Waals surface area (Å²) in [6.45, 7) is 3.09. The van der Waals surface area contributed by atoms with Crippen LogP contribution in [0.5, 0.6) is 5.75 Å². The minimum absolute atomic E-state index is 0.0707. The Morgan fingerprint density at radius 2 is 1.92 bits per heavy atom. The second-order valence-electron chi connectivity index (χ2n) is 9.48. The maximum atomic E-state index is 13.3. The molecule has 2 N–H and O–H groups in total. The van der Waals surface area contributed by atoms with Crippen LogP contribution in [0.1, 0.15) is 54.1 Å². The number of benzene rings is 2. The third kappa shape index (κ3) is 5.35. The van der Waals surface area contributed by atoms with Gasteiger partial charge in [0.15, 0.2) is 0 Å². The standard InChI is InChI=1S/C28H32N6O3/c1-19-16-21-8-5-6-9-24(21)34(19)28-30-18-23(27(36)32-33-15-7-3-4-10-25(33)35)26(31-28)29-17-20-11-13-22(37-2)14-12-20/h5-6,8-9,11-14,18-19H,3-4,7,10,15-17H2,1-2H3,(H,32,36)(H,29,30,31). The van der Waals surface area contributed by atoms with Crippen LogP contribution in [0.4, 0.5) is 17.5 Å². The molecular weight excluding hydrogens is 468 g/mol. The molecule has 0 saturated carbocycles. The van der Waals surface area contributed by atoms with Gasteiger partial charge in [0.05, 0.1) is 7.11 Å². The van der Waals surface area contributed by atoms with Gasteiger partial charge in [0, 0.05) is 37.4 Å². The zero-order valence-electron chi connectivity index (χ0n) is 21.2.